The first-order valence-electron chi connectivity index (χ1n) is 5.71. The summed E-state index contributed by atoms with van der Waals surface area (Å²) in [6, 6.07) is 8.99. The van der Waals surface area contributed by atoms with Crippen LogP contribution >= 0.6 is 15.9 Å². The molecule has 6 heteroatoms. The lowest BCUT2D eigenvalue weighted by molar-refractivity contribution is -0.122. The van der Waals surface area contributed by atoms with Crippen molar-refractivity contribution in [2.75, 3.05) is 5.32 Å². The number of rotatable bonds is 4. The third-order valence-corrected chi connectivity index (χ3v) is 3.04. The molecule has 0 radical (unpaired) electrons. The highest BCUT2D eigenvalue weighted by molar-refractivity contribution is 9.10. The number of amides is 1. The van der Waals surface area contributed by atoms with Crippen LogP contribution in [-0.2, 0) is 4.79 Å². The van der Waals surface area contributed by atoms with Crippen LogP contribution in [0.3, 0.4) is 0 Å². The number of aryl methyl sites for hydroxylation is 1. The van der Waals surface area contributed by atoms with Gasteiger partial charge in [-0.25, -0.2) is 0 Å². The highest BCUT2D eigenvalue weighted by Crippen LogP contribution is 2.25. The molecule has 1 amide bonds. The number of ether oxygens (including phenoxy) is 1. The molecule has 0 spiro atoms. The molecule has 0 aliphatic rings. The maximum Gasteiger partial charge on any atom is 0.266 e. The lowest BCUT2D eigenvalue weighted by Crippen LogP contribution is -2.30. The number of nitrogens with one attached hydrogen (secondary N) is 1. The molecule has 1 N–H and O–H groups in total. The smallest absolute Gasteiger partial charge is 0.266 e. The number of carbonyl (C=O) groups is 1. The molecule has 0 aliphatic carbocycles. The lowest BCUT2D eigenvalue weighted by Gasteiger charge is -2.14. The Morgan fingerprint density at radius 1 is 1.47 bits per heavy atom. The third-order valence-electron chi connectivity index (χ3n) is 2.39. The Hall–Kier alpha value is -1.82. The van der Waals surface area contributed by atoms with Gasteiger partial charge in [0.25, 0.3) is 5.91 Å². The van der Waals surface area contributed by atoms with Crippen LogP contribution in [-0.4, -0.2) is 17.2 Å². The van der Waals surface area contributed by atoms with E-state index in [0.717, 1.165) is 4.47 Å². The zero-order valence-corrected chi connectivity index (χ0v) is 12.1. The number of aromatic nitrogens is 1. The average molecular weight is 325 g/mol. The summed E-state index contributed by atoms with van der Waals surface area (Å²) in [5.41, 5.74) is 0. The fraction of sp³-hybridized carbons (Fsp3) is 0.231. The topological polar surface area (TPSA) is 64.4 Å². The van der Waals surface area contributed by atoms with Crippen LogP contribution < -0.4 is 10.1 Å². The van der Waals surface area contributed by atoms with E-state index in [4.69, 9.17) is 9.26 Å². The van der Waals surface area contributed by atoms with Gasteiger partial charge in [-0.2, -0.15) is 0 Å². The number of carbonyl (C=O) groups excluding carboxylic acids is 1. The van der Waals surface area contributed by atoms with Crippen molar-refractivity contribution in [3.05, 3.63) is 40.6 Å². The Labute approximate surface area is 119 Å². The van der Waals surface area contributed by atoms with Crippen LogP contribution in [0.15, 0.2) is 39.3 Å². The molecule has 1 aromatic carbocycles. The van der Waals surface area contributed by atoms with E-state index in [1.54, 1.807) is 26.0 Å². The summed E-state index contributed by atoms with van der Waals surface area (Å²) in [7, 11) is 0. The summed E-state index contributed by atoms with van der Waals surface area (Å²) in [5.74, 6) is 1.34. The fourth-order valence-electron chi connectivity index (χ4n) is 1.44. The summed E-state index contributed by atoms with van der Waals surface area (Å²) in [6.45, 7) is 3.42. The highest BCUT2D eigenvalue weighted by Gasteiger charge is 2.17. The average Bonchev–Trinajstić information content (AvgIpc) is 2.77. The number of para-hydroxylation sites is 1. The van der Waals surface area contributed by atoms with Crippen molar-refractivity contribution in [1.29, 1.82) is 0 Å². The first-order chi connectivity index (χ1) is 9.06. The minimum absolute atomic E-state index is 0.288. The van der Waals surface area contributed by atoms with Crippen molar-refractivity contribution in [3.63, 3.8) is 0 Å². The highest BCUT2D eigenvalue weighted by atomic mass is 79.9. The van der Waals surface area contributed by atoms with Crippen molar-refractivity contribution < 1.29 is 14.1 Å². The second-order valence-corrected chi connectivity index (χ2v) is 4.86. The zero-order chi connectivity index (χ0) is 13.8. The van der Waals surface area contributed by atoms with E-state index in [0.29, 0.717) is 17.3 Å². The van der Waals surface area contributed by atoms with E-state index in [9.17, 15) is 4.79 Å². The molecule has 2 rings (SSSR count). The summed E-state index contributed by atoms with van der Waals surface area (Å²) >= 11 is 3.36. The number of benzene rings is 1. The minimum Gasteiger partial charge on any atom is -0.480 e. The Balaban J connectivity index is 1.98. The summed E-state index contributed by atoms with van der Waals surface area (Å²) in [4.78, 5) is 11.9. The van der Waals surface area contributed by atoms with Crippen molar-refractivity contribution in [3.8, 4) is 5.75 Å². The Morgan fingerprint density at radius 3 is 2.84 bits per heavy atom. The SMILES string of the molecule is Cc1cc(NC(=O)[C@H](C)Oc2ccccc2Br)no1. The second-order valence-electron chi connectivity index (χ2n) is 4.00. The van der Waals surface area contributed by atoms with Gasteiger partial charge in [0.05, 0.1) is 4.47 Å². The zero-order valence-electron chi connectivity index (χ0n) is 10.5. The van der Waals surface area contributed by atoms with Crippen LogP contribution in [0.2, 0.25) is 0 Å². The first kappa shape index (κ1) is 13.6. The van der Waals surface area contributed by atoms with Gasteiger partial charge in [-0.3, -0.25) is 4.79 Å². The van der Waals surface area contributed by atoms with E-state index in [1.807, 2.05) is 18.2 Å². The van der Waals surface area contributed by atoms with Crippen LogP contribution in [0.25, 0.3) is 0 Å². The maximum absolute atomic E-state index is 11.9. The normalized spacial score (nSPS) is 11.9. The van der Waals surface area contributed by atoms with Crippen molar-refractivity contribution in [2.45, 2.75) is 20.0 Å². The summed E-state index contributed by atoms with van der Waals surface area (Å²) < 4.78 is 11.2. The van der Waals surface area contributed by atoms with Crippen molar-refractivity contribution in [2.24, 2.45) is 0 Å². The van der Waals surface area contributed by atoms with Gasteiger partial charge in [-0.05, 0) is 41.9 Å². The Bertz CT molecular complexity index is 583. The Morgan fingerprint density at radius 2 is 2.21 bits per heavy atom. The predicted molar refractivity (Wildman–Crippen MR) is 74.1 cm³/mol. The lowest BCUT2D eigenvalue weighted by atomic mass is 10.3. The van der Waals surface area contributed by atoms with E-state index < -0.39 is 6.10 Å². The molecule has 1 atom stereocenters. The quantitative estimate of drug-likeness (QED) is 0.938. The van der Waals surface area contributed by atoms with Gasteiger partial charge in [0.2, 0.25) is 0 Å². The third kappa shape index (κ3) is 3.57. The number of hydrogen-bond donors (Lipinski definition) is 1. The molecule has 19 heavy (non-hydrogen) atoms. The maximum atomic E-state index is 11.9. The van der Waals surface area contributed by atoms with Gasteiger partial charge in [0, 0.05) is 6.07 Å². The second kappa shape index (κ2) is 5.88. The number of hydrogen-bond acceptors (Lipinski definition) is 4. The van der Waals surface area contributed by atoms with Gasteiger partial charge in [0.15, 0.2) is 11.9 Å². The van der Waals surface area contributed by atoms with Crippen LogP contribution in [0.1, 0.15) is 12.7 Å². The van der Waals surface area contributed by atoms with Gasteiger partial charge < -0.3 is 14.6 Å². The summed E-state index contributed by atoms with van der Waals surface area (Å²) in [6.07, 6.45) is -0.643. The van der Waals surface area contributed by atoms with E-state index in [2.05, 4.69) is 26.4 Å². The van der Waals surface area contributed by atoms with Gasteiger partial charge >= 0.3 is 0 Å². The molecule has 5 nitrogen and oxygen atoms in total. The molecular formula is C13H13BrN2O3. The molecule has 0 fully saturated rings. The van der Waals surface area contributed by atoms with Crippen LogP contribution in [0.4, 0.5) is 5.82 Å². The molecule has 0 aliphatic heterocycles. The Kier molecular flexibility index (Phi) is 4.21. The van der Waals surface area contributed by atoms with E-state index >= 15 is 0 Å². The fourth-order valence-corrected chi connectivity index (χ4v) is 1.82. The minimum atomic E-state index is -0.643. The molecule has 1 heterocycles. The monoisotopic (exact) mass is 324 g/mol. The molecule has 1 aromatic heterocycles. The van der Waals surface area contributed by atoms with Crippen molar-refractivity contribution in [1.82, 2.24) is 5.16 Å². The molecule has 0 saturated carbocycles. The molecular weight excluding hydrogens is 312 g/mol. The largest absolute Gasteiger partial charge is 0.480 e. The molecule has 100 valence electrons. The van der Waals surface area contributed by atoms with Crippen LogP contribution in [0.5, 0.6) is 5.75 Å². The standard InChI is InChI=1S/C13H13BrN2O3/c1-8-7-12(16-19-8)15-13(17)9(2)18-11-6-4-3-5-10(11)14/h3-7,9H,1-2H3,(H,15,16,17)/t9-/m0/s1. The van der Waals surface area contributed by atoms with Crippen molar-refractivity contribution >= 4 is 27.7 Å². The number of halogens is 1. The molecule has 0 bridgehead atoms. The number of nitrogens with zero attached hydrogens (tertiary/aromatic N) is 1. The predicted octanol–water partition coefficient (Wildman–Crippen LogP) is 3.15. The molecule has 0 saturated heterocycles. The summed E-state index contributed by atoms with van der Waals surface area (Å²) in [5, 5.41) is 6.31. The van der Waals surface area contributed by atoms with Crippen LogP contribution in [0, 0.1) is 6.92 Å². The van der Waals surface area contributed by atoms with E-state index in [-0.39, 0.29) is 5.91 Å². The molecule has 2 aromatic rings. The first-order valence-corrected chi connectivity index (χ1v) is 6.51. The van der Waals surface area contributed by atoms with Gasteiger partial charge in [0.1, 0.15) is 11.5 Å². The van der Waals surface area contributed by atoms with Gasteiger partial charge in [-0.1, -0.05) is 17.3 Å². The number of anilines is 1. The molecule has 0 unspecified atom stereocenters. The van der Waals surface area contributed by atoms with Gasteiger partial charge in [-0.15, -0.1) is 0 Å². The van der Waals surface area contributed by atoms with E-state index in [1.165, 1.54) is 0 Å².